The van der Waals surface area contributed by atoms with Crippen molar-refractivity contribution in [2.75, 3.05) is 39.9 Å². The second kappa shape index (κ2) is 6.35. The minimum atomic E-state index is -3.62. The molecule has 0 N–H and O–H groups in total. The fraction of sp³-hybridized carbons (Fsp3) is 0.611. The molecule has 0 bridgehead atoms. The van der Waals surface area contributed by atoms with Crippen molar-refractivity contribution >= 4 is 5.91 Å². The summed E-state index contributed by atoms with van der Waals surface area (Å²) in [6.07, 6.45) is -2.00. The van der Waals surface area contributed by atoms with Crippen LogP contribution in [0, 0.1) is 5.41 Å². The van der Waals surface area contributed by atoms with Gasteiger partial charge in [-0.05, 0) is 25.5 Å². The molecule has 0 aliphatic carbocycles. The van der Waals surface area contributed by atoms with E-state index in [1.165, 1.54) is 6.07 Å². The van der Waals surface area contributed by atoms with Crippen LogP contribution in [0.2, 0.25) is 0 Å². The van der Waals surface area contributed by atoms with Crippen molar-refractivity contribution in [2.45, 2.75) is 25.7 Å². The Morgan fingerprint density at radius 3 is 2.85 bits per heavy atom. The van der Waals surface area contributed by atoms with Gasteiger partial charge < -0.3 is 19.1 Å². The van der Waals surface area contributed by atoms with E-state index in [9.17, 15) is 13.6 Å². The number of rotatable bonds is 5. The lowest BCUT2D eigenvalue weighted by atomic mass is 9.85. The zero-order chi connectivity index (χ0) is 18.4. The van der Waals surface area contributed by atoms with Crippen LogP contribution < -0.4 is 9.47 Å². The molecular formula is C18H22F2N2O4. The van der Waals surface area contributed by atoms with Gasteiger partial charge in [-0.3, -0.25) is 9.69 Å². The summed E-state index contributed by atoms with van der Waals surface area (Å²) >= 11 is 0. The smallest absolute Gasteiger partial charge is 0.395 e. The second-order valence-corrected chi connectivity index (χ2v) is 7.19. The summed E-state index contributed by atoms with van der Waals surface area (Å²) in [7, 11) is 1.63. The normalized spacial score (nSPS) is 27.0. The largest absolute Gasteiger partial charge is 0.586 e. The average molecular weight is 368 g/mol. The Hall–Kier alpha value is -1.93. The van der Waals surface area contributed by atoms with E-state index in [2.05, 4.69) is 14.4 Å². The van der Waals surface area contributed by atoms with Crippen LogP contribution in [0.5, 0.6) is 11.5 Å². The van der Waals surface area contributed by atoms with E-state index in [-0.39, 0.29) is 22.8 Å². The number of hydrogen-bond donors (Lipinski definition) is 0. The first-order chi connectivity index (χ1) is 12.4. The number of para-hydroxylation sites is 1. The Balaban J connectivity index is 1.44. The van der Waals surface area contributed by atoms with Crippen LogP contribution >= 0.6 is 0 Å². The first-order valence-corrected chi connectivity index (χ1v) is 8.81. The predicted octanol–water partition coefficient (Wildman–Crippen LogP) is 2.08. The van der Waals surface area contributed by atoms with Crippen LogP contribution in [-0.2, 0) is 16.1 Å². The summed E-state index contributed by atoms with van der Waals surface area (Å²) < 4.78 is 40.9. The molecule has 1 aromatic rings. The van der Waals surface area contributed by atoms with E-state index in [0.717, 1.165) is 25.9 Å². The summed E-state index contributed by atoms with van der Waals surface area (Å²) in [6, 6.07) is 4.91. The van der Waals surface area contributed by atoms with Crippen molar-refractivity contribution in [1.82, 2.24) is 9.80 Å². The number of methoxy groups -OCH3 is 1. The van der Waals surface area contributed by atoms with Crippen LogP contribution in [0.15, 0.2) is 18.2 Å². The van der Waals surface area contributed by atoms with Crippen molar-refractivity contribution in [1.29, 1.82) is 0 Å². The summed E-state index contributed by atoms with van der Waals surface area (Å²) in [5, 5.41) is 0. The minimum absolute atomic E-state index is 0.0593. The number of likely N-dealkylation sites (tertiary alicyclic amines) is 2. The third-order valence-electron chi connectivity index (χ3n) is 5.50. The third kappa shape index (κ3) is 3.01. The van der Waals surface area contributed by atoms with Gasteiger partial charge in [0, 0.05) is 38.9 Å². The first kappa shape index (κ1) is 17.5. The molecule has 1 atom stereocenters. The van der Waals surface area contributed by atoms with Gasteiger partial charge in [-0.15, -0.1) is 8.78 Å². The lowest BCUT2D eigenvalue weighted by molar-refractivity contribution is -0.287. The maximum absolute atomic E-state index is 13.3. The minimum Gasteiger partial charge on any atom is -0.395 e. The molecule has 0 saturated carbocycles. The number of hydrogen-bond acceptors (Lipinski definition) is 5. The van der Waals surface area contributed by atoms with Gasteiger partial charge in [0.1, 0.15) is 0 Å². The molecule has 1 amide bonds. The lowest BCUT2D eigenvalue weighted by Gasteiger charge is -2.24. The fourth-order valence-corrected chi connectivity index (χ4v) is 4.17. The van der Waals surface area contributed by atoms with Crippen molar-refractivity contribution in [3.63, 3.8) is 0 Å². The standard InChI is InChI=1S/C18H22F2N2O4/c1-24-10-9-22-8-6-17(16(22)23)5-7-21(12-17)11-13-3-2-4-14-15(13)26-18(19,20)25-14/h2-4H,5-12H2,1H3. The summed E-state index contributed by atoms with van der Waals surface area (Å²) in [4.78, 5) is 16.8. The second-order valence-electron chi connectivity index (χ2n) is 7.19. The third-order valence-corrected chi connectivity index (χ3v) is 5.50. The summed E-state index contributed by atoms with van der Waals surface area (Å²) in [6.45, 7) is 3.74. The summed E-state index contributed by atoms with van der Waals surface area (Å²) in [5.74, 6) is 0.337. The molecule has 8 heteroatoms. The SMILES string of the molecule is COCCN1CCC2(CCN(Cc3cccc4c3OC(F)(F)O4)C2)C1=O. The number of amides is 1. The number of fused-ring (bicyclic) bond motifs is 1. The first-order valence-electron chi connectivity index (χ1n) is 8.81. The van der Waals surface area contributed by atoms with E-state index in [1.807, 2.05) is 4.90 Å². The quantitative estimate of drug-likeness (QED) is 0.797. The van der Waals surface area contributed by atoms with Crippen molar-refractivity contribution in [3.05, 3.63) is 23.8 Å². The Morgan fingerprint density at radius 2 is 2.04 bits per heavy atom. The Morgan fingerprint density at radius 1 is 1.23 bits per heavy atom. The highest BCUT2D eigenvalue weighted by molar-refractivity contribution is 5.85. The van der Waals surface area contributed by atoms with E-state index in [0.29, 0.717) is 31.8 Å². The van der Waals surface area contributed by atoms with Gasteiger partial charge in [0.2, 0.25) is 5.91 Å². The van der Waals surface area contributed by atoms with Gasteiger partial charge in [-0.1, -0.05) is 12.1 Å². The van der Waals surface area contributed by atoms with Crippen LogP contribution in [0.4, 0.5) is 8.78 Å². The van der Waals surface area contributed by atoms with E-state index >= 15 is 0 Å². The molecule has 0 aromatic heterocycles. The van der Waals surface area contributed by atoms with Gasteiger partial charge in [-0.25, -0.2) is 0 Å². The molecule has 3 aliphatic rings. The maximum atomic E-state index is 13.3. The molecule has 26 heavy (non-hydrogen) atoms. The van der Waals surface area contributed by atoms with Gasteiger partial charge in [0.25, 0.3) is 0 Å². The average Bonchev–Trinajstić information content (AvgIpc) is 3.24. The van der Waals surface area contributed by atoms with Crippen LogP contribution in [-0.4, -0.2) is 61.9 Å². The molecule has 4 rings (SSSR count). The molecule has 1 aromatic carbocycles. The number of benzene rings is 1. The summed E-state index contributed by atoms with van der Waals surface area (Å²) in [5.41, 5.74) is 0.297. The van der Waals surface area contributed by atoms with Crippen molar-refractivity contribution in [2.24, 2.45) is 5.41 Å². The number of ether oxygens (including phenoxy) is 3. The Kier molecular flexibility index (Phi) is 4.27. The zero-order valence-electron chi connectivity index (χ0n) is 14.7. The van der Waals surface area contributed by atoms with Crippen LogP contribution in [0.3, 0.4) is 0 Å². The monoisotopic (exact) mass is 368 g/mol. The van der Waals surface area contributed by atoms with E-state index in [4.69, 9.17) is 4.74 Å². The molecule has 2 fully saturated rings. The Bertz CT molecular complexity index is 714. The number of halogens is 2. The molecule has 6 nitrogen and oxygen atoms in total. The highest BCUT2D eigenvalue weighted by Crippen LogP contribution is 2.45. The number of nitrogens with zero attached hydrogens (tertiary/aromatic N) is 2. The Labute approximate surface area is 150 Å². The molecule has 1 spiro atoms. The van der Waals surface area contributed by atoms with Gasteiger partial charge >= 0.3 is 6.29 Å². The molecule has 3 heterocycles. The van der Waals surface area contributed by atoms with Crippen LogP contribution in [0.25, 0.3) is 0 Å². The highest BCUT2D eigenvalue weighted by Gasteiger charge is 2.51. The molecule has 1 unspecified atom stereocenters. The van der Waals surface area contributed by atoms with Crippen molar-refractivity contribution < 1.29 is 27.8 Å². The molecule has 142 valence electrons. The number of carbonyl (C=O) groups excluding carboxylic acids is 1. The van der Waals surface area contributed by atoms with Gasteiger partial charge in [0.15, 0.2) is 11.5 Å². The lowest BCUT2D eigenvalue weighted by Crippen LogP contribution is -2.38. The predicted molar refractivity (Wildman–Crippen MR) is 88.0 cm³/mol. The van der Waals surface area contributed by atoms with E-state index in [1.54, 1.807) is 19.2 Å². The van der Waals surface area contributed by atoms with E-state index < -0.39 is 6.29 Å². The van der Waals surface area contributed by atoms with Crippen LogP contribution in [0.1, 0.15) is 18.4 Å². The topological polar surface area (TPSA) is 51.2 Å². The van der Waals surface area contributed by atoms with Gasteiger partial charge in [-0.2, -0.15) is 0 Å². The molecule has 0 radical (unpaired) electrons. The van der Waals surface area contributed by atoms with Gasteiger partial charge in [0.05, 0.1) is 12.0 Å². The number of alkyl halides is 2. The molecule has 2 saturated heterocycles. The highest BCUT2D eigenvalue weighted by atomic mass is 19.3. The zero-order valence-corrected chi connectivity index (χ0v) is 14.7. The van der Waals surface area contributed by atoms with Crippen molar-refractivity contribution in [3.8, 4) is 11.5 Å². The maximum Gasteiger partial charge on any atom is 0.586 e. The molecule has 3 aliphatic heterocycles. The number of carbonyl (C=O) groups is 1. The molecular weight excluding hydrogens is 346 g/mol. The fourth-order valence-electron chi connectivity index (χ4n) is 4.17.